The molecule has 1 aliphatic heterocycles. The maximum atomic E-state index is 14.2. The van der Waals surface area contributed by atoms with Crippen molar-refractivity contribution in [2.24, 2.45) is 5.11 Å². The standard InChI is InChI=1S/C9H11FN6O3S/c10-5-6(18)9(3-17,14-15-12)19-7(5)16-2-1-4(11)13-8(16)20/h1-2,5-7,17-18H,3H2,(H2,11,13,20)/t5?,6-,7-,9-/m1/s1. The van der Waals surface area contributed by atoms with Crippen LogP contribution in [0.5, 0.6) is 0 Å². The number of aliphatic hydroxyl groups excluding tert-OH is 2. The summed E-state index contributed by atoms with van der Waals surface area (Å²) in [5.74, 6) is 0.142. The van der Waals surface area contributed by atoms with E-state index < -0.39 is 30.8 Å². The van der Waals surface area contributed by atoms with Crippen LogP contribution in [-0.4, -0.2) is 44.4 Å². The van der Waals surface area contributed by atoms with Crippen molar-refractivity contribution in [1.82, 2.24) is 9.55 Å². The molecule has 1 aromatic heterocycles. The first-order valence-corrected chi connectivity index (χ1v) is 5.88. The summed E-state index contributed by atoms with van der Waals surface area (Å²) in [6.07, 6.45) is -3.86. The Morgan fingerprint density at radius 3 is 3.00 bits per heavy atom. The summed E-state index contributed by atoms with van der Waals surface area (Å²) in [5.41, 5.74) is 11.8. The van der Waals surface area contributed by atoms with Gasteiger partial charge in [-0.3, -0.25) is 4.57 Å². The molecule has 1 fully saturated rings. The molecular weight excluding hydrogens is 291 g/mol. The van der Waals surface area contributed by atoms with Gasteiger partial charge in [0.2, 0.25) is 10.5 Å². The van der Waals surface area contributed by atoms with Gasteiger partial charge in [0.25, 0.3) is 0 Å². The summed E-state index contributed by atoms with van der Waals surface area (Å²) in [6, 6.07) is 1.37. The summed E-state index contributed by atoms with van der Waals surface area (Å²) >= 11 is 4.92. The molecule has 0 spiro atoms. The lowest BCUT2D eigenvalue weighted by molar-refractivity contribution is -0.124. The molecule has 0 bridgehead atoms. The third kappa shape index (κ3) is 2.21. The van der Waals surface area contributed by atoms with E-state index in [2.05, 4.69) is 15.0 Å². The van der Waals surface area contributed by atoms with Crippen LogP contribution in [0.15, 0.2) is 17.4 Å². The molecule has 0 saturated carbocycles. The highest BCUT2D eigenvalue weighted by Gasteiger charge is 2.55. The number of anilines is 1. The molecule has 1 aromatic rings. The van der Waals surface area contributed by atoms with Gasteiger partial charge >= 0.3 is 0 Å². The molecule has 4 N–H and O–H groups in total. The molecule has 1 saturated heterocycles. The number of nitrogens with zero attached hydrogens (tertiary/aromatic N) is 5. The molecule has 11 heteroatoms. The number of halogens is 1. The number of nitrogen functional groups attached to an aromatic ring is 1. The van der Waals surface area contributed by atoms with Crippen LogP contribution < -0.4 is 5.73 Å². The van der Waals surface area contributed by atoms with Crippen LogP contribution in [0.2, 0.25) is 0 Å². The van der Waals surface area contributed by atoms with Crippen molar-refractivity contribution in [3.8, 4) is 0 Å². The first-order chi connectivity index (χ1) is 9.45. The molecule has 20 heavy (non-hydrogen) atoms. The lowest BCUT2D eigenvalue weighted by Gasteiger charge is -2.23. The molecule has 2 rings (SSSR count). The fraction of sp³-hybridized carbons (Fsp3) is 0.556. The van der Waals surface area contributed by atoms with Gasteiger partial charge in [-0.05, 0) is 23.8 Å². The summed E-state index contributed by atoms with van der Waals surface area (Å²) in [4.78, 5) is 6.21. The van der Waals surface area contributed by atoms with Crippen molar-refractivity contribution in [3.63, 3.8) is 0 Å². The van der Waals surface area contributed by atoms with Gasteiger partial charge in [0.1, 0.15) is 11.9 Å². The molecular formula is C9H11FN6O3S. The second-order valence-corrected chi connectivity index (χ2v) is 4.50. The van der Waals surface area contributed by atoms with Gasteiger partial charge < -0.3 is 20.7 Å². The fourth-order valence-corrected chi connectivity index (χ4v) is 2.17. The third-order valence-electron chi connectivity index (χ3n) is 2.93. The average molecular weight is 302 g/mol. The number of rotatable bonds is 3. The number of hydrogen-bond donors (Lipinski definition) is 3. The van der Waals surface area contributed by atoms with Gasteiger partial charge in [0.15, 0.2) is 12.4 Å². The first kappa shape index (κ1) is 14.6. The minimum atomic E-state index is -2.10. The van der Waals surface area contributed by atoms with Gasteiger partial charge in [-0.1, -0.05) is 5.11 Å². The van der Waals surface area contributed by atoms with E-state index in [-0.39, 0.29) is 10.6 Å². The molecule has 0 radical (unpaired) electrons. The Balaban J connectivity index is 2.45. The molecule has 1 unspecified atom stereocenters. The lowest BCUT2D eigenvalue weighted by Crippen LogP contribution is -2.43. The molecule has 0 amide bonds. The van der Waals surface area contributed by atoms with Gasteiger partial charge in [-0.15, -0.1) is 0 Å². The molecule has 108 valence electrons. The van der Waals surface area contributed by atoms with Crippen molar-refractivity contribution in [1.29, 1.82) is 0 Å². The van der Waals surface area contributed by atoms with Crippen LogP contribution in [0.25, 0.3) is 10.4 Å². The molecule has 0 aromatic carbocycles. The Bertz CT molecular complexity index is 620. The van der Waals surface area contributed by atoms with Crippen molar-refractivity contribution in [3.05, 3.63) is 27.5 Å². The highest BCUT2D eigenvalue weighted by atomic mass is 32.1. The van der Waals surface area contributed by atoms with Crippen LogP contribution in [0, 0.1) is 4.77 Å². The molecule has 2 heterocycles. The number of alkyl halides is 1. The quantitative estimate of drug-likeness (QED) is 0.319. The highest BCUT2D eigenvalue weighted by Crippen LogP contribution is 2.40. The van der Waals surface area contributed by atoms with E-state index in [0.29, 0.717) is 0 Å². The smallest absolute Gasteiger partial charge is 0.203 e. The molecule has 4 atom stereocenters. The van der Waals surface area contributed by atoms with Gasteiger partial charge in [0.05, 0.1) is 6.61 Å². The Morgan fingerprint density at radius 2 is 2.45 bits per heavy atom. The maximum Gasteiger partial charge on any atom is 0.203 e. The van der Waals surface area contributed by atoms with E-state index in [1.807, 2.05) is 0 Å². The topological polar surface area (TPSA) is 142 Å². The van der Waals surface area contributed by atoms with E-state index in [1.54, 1.807) is 0 Å². The van der Waals surface area contributed by atoms with Crippen molar-refractivity contribution >= 4 is 18.0 Å². The number of aromatic nitrogens is 2. The van der Waals surface area contributed by atoms with E-state index >= 15 is 0 Å². The average Bonchev–Trinajstić information content (AvgIpc) is 2.65. The Morgan fingerprint density at radius 1 is 1.75 bits per heavy atom. The summed E-state index contributed by atoms with van der Waals surface area (Å²) in [6.45, 7) is -0.884. The van der Waals surface area contributed by atoms with Crippen LogP contribution in [0.3, 0.4) is 0 Å². The number of hydrogen-bond acceptors (Lipinski definition) is 7. The number of aliphatic hydroxyl groups is 2. The Kier molecular flexibility index (Phi) is 3.88. The SMILES string of the molecule is [N-]=[N+]=N[C@]1(CO)O[C@@H](n2ccc(N)nc2=S)C(F)[C@H]1O. The van der Waals surface area contributed by atoms with Crippen molar-refractivity contribution in [2.45, 2.75) is 24.2 Å². The van der Waals surface area contributed by atoms with Gasteiger partial charge in [0, 0.05) is 11.1 Å². The number of ether oxygens (including phenoxy) is 1. The zero-order chi connectivity index (χ0) is 14.9. The Hall–Kier alpha value is -1.78. The fourth-order valence-electron chi connectivity index (χ4n) is 1.90. The monoisotopic (exact) mass is 302 g/mol. The zero-order valence-corrected chi connectivity index (χ0v) is 10.8. The van der Waals surface area contributed by atoms with Crippen LogP contribution in [0.4, 0.5) is 10.2 Å². The summed E-state index contributed by atoms with van der Waals surface area (Å²) in [7, 11) is 0. The second kappa shape index (κ2) is 5.31. The number of nitrogens with two attached hydrogens (primary N) is 1. The minimum Gasteiger partial charge on any atom is -0.393 e. The van der Waals surface area contributed by atoms with E-state index in [4.69, 9.17) is 28.2 Å². The van der Waals surface area contributed by atoms with Crippen molar-refractivity contribution in [2.75, 3.05) is 12.3 Å². The highest BCUT2D eigenvalue weighted by molar-refractivity contribution is 7.71. The predicted molar refractivity (Wildman–Crippen MR) is 67.5 cm³/mol. The van der Waals surface area contributed by atoms with E-state index in [0.717, 1.165) is 4.57 Å². The number of azide groups is 1. The van der Waals surface area contributed by atoms with Gasteiger partial charge in [-0.2, -0.15) is 0 Å². The minimum absolute atomic E-state index is 0.0699. The second-order valence-electron chi connectivity index (χ2n) is 4.13. The first-order valence-electron chi connectivity index (χ1n) is 5.47. The molecule has 9 nitrogen and oxygen atoms in total. The van der Waals surface area contributed by atoms with Crippen LogP contribution in [-0.2, 0) is 4.74 Å². The lowest BCUT2D eigenvalue weighted by atomic mass is 10.1. The van der Waals surface area contributed by atoms with Gasteiger partial charge in [-0.25, -0.2) is 9.37 Å². The summed E-state index contributed by atoms with van der Waals surface area (Å²) < 4.78 is 20.4. The maximum absolute atomic E-state index is 14.2. The van der Waals surface area contributed by atoms with E-state index in [9.17, 15) is 14.6 Å². The normalized spacial score (nSPS) is 32.9. The van der Waals surface area contributed by atoms with Crippen LogP contribution >= 0.6 is 12.2 Å². The molecule has 0 aliphatic carbocycles. The van der Waals surface area contributed by atoms with E-state index in [1.165, 1.54) is 12.3 Å². The van der Waals surface area contributed by atoms with Crippen molar-refractivity contribution < 1.29 is 19.3 Å². The largest absolute Gasteiger partial charge is 0.393 e. The third-order valence-corrected chi connectivity index (χ3v) is 3.23. The molecule has 1 aliphatic rings. The summed E-state index contributed by atoms with van der Waals surface area (Å²) in [5, 5.41) is 22.2. The zero-order valence-electron chi connectivity index (χ0n) is 10.00. The Labute approximate surface area is 117 Å². The predicted octanol–water partition coefficient (Wildman–Crippen LogP) is 0.421. The van der Waals surface area contributed by atoms with Crippen LogP contribution in [0.1, 0.15) is 6.23 Å².